The normalized spacial score (nSPS) is 10.7. The molecular formula is C15H14N2O4S. The van der Waals surface area contributed by atoms with Crippen LogP contribution in [0.4, 0.5) is 0 Å². The molecule has 3 rings (SSSR count). The fourth-order valence-corrected chi connectivity index (χ4v) is 2.46. The number of rotatable bonds is 7. The molecular weight excluding hydrogens is 304 g/mol. The van der Waals surface area contributed by atoms with Crippen molar-refractivity contribution < 1.29 is 18.5 Å². The van der Waals surface area contributed by atoms with Crippen molar-refractivity contribution in [3.63, 3.8) is 0 Å². The molecule has 0 saturated carbocycles. The maximum absolute atomic E-state index is 11.6. The number of carbonyl (C=O) groups excluding carboxylic acids is 1. The van der Waals surface area contributed by atoms with E-state index in [4.69, 9.17) is 13.7 Å². The Labute approximate surface area is 130 Å². The van der Waals surface area contributed by atoms with Crippen molar-refractivity contribution in [1.29, 1.82) is 0 Å². The van der Waals surface area contributed by atoms with Gasteiger partial charge in [0.05, 0.1) is 19.4 Å². The van der Waals surface area contributed by atoms with Gasteiger partial charge >= 0.3 is 0 Å². The first kappa shape index (κ1) is 14.6. The molecule has 0 bridgehead atoms. The lowest BCUT2D eigenvalue weighted by Gasteiger charge is -2.03. The highest BCUT2D eigenvalue weighted by molar-refractivity contribution is 7.09. The zero-order chi connectivity index (χ0) is 15.2. The van der Waals surface area contributed by atoms with Gasteiger partial charge in [0, 0.05) is 10.9 Å². The Morgan fingerprint density at radius 3 is 3.05 bits per heavy atom. The Morgan fingerprint density at radius 2 is 2.27 bits per heavy atom. The molecule has 0 unspecified atom stereocenters. The summed E-state index contributed by atoms with van der Waals surface area (Å²) in [7, 11) is 0. The number of thiophene rings is 1. The number of nitrogens with one attached hydrogen (secondary N) is 1. The Morgan fingerprint density at radius 1 is 1.32 bits per heavy atom. The van der Waals surface area contributed by atoms with Gasteiger partial charge in [-0.3, -0.25) is 4.79 Å². The molecule has 0 saturated heterocycles. The van der Waals surface area contributed by atoms with Crippen molar-refractivity contribution in [1.82, 2.24) is 10.5 Å². The lowest BCUT2D eigenvalue weighted by Crippen LogP contribution is -2.26. The van der Waals surface area contributed by atoms with Gasteiger partial charge in [0.15, 0.2) is 5.76 Å². The van der Waals surface area contributed by atoms with Crippen LogP contribution in [0.1, 0.15) is 10.6 Å². The standard InChI is InChI=1S/C15H14N2O4S/c18-15(16-8-12-3-2-6-22-12)10-19-9-11-7-14(21-17-11)13-4-1-5-20-13/h1-7H,8-10H2,(H,16,18). The van der Waals surface area contributed by atoms with Crippen molar-refractivity contribution in [2.75, 3.05) is 6.61 Å². The highest BCUT2D eigenvalue weighted by Gasteiger charge is 2.09. The van der Waals surface area contributed by atoms with E-state index in [1.807, 2.05) is 17.5 Å². The van der Waals surface area contributed by atoms with E-state index in [-0.39, 0.29) is 19.1 Å². The van der Waals surface area contributed by atoms with Crippen LogP contribution in [0.2, 0.25) is 0 Å². The molecule has 22 heavy (non-hydrogen) atoms. The zero-order valence-corrected chi connectivity index (χ0v) is 12.5. The van der Waals surface area contributed by atoms with Crippen LogP contribution < -0.4 is 5.32 Å². The van der Waals surface area contributed by atoms with Gasteiger partial charge in [-0.25, -0.2) is 0 Å². The molecule has 0 atom stereocenters. The molecule has 7 heteroatoms. The molecule has 0 aliphatic carbocycles. The Hall–Kier alpha value is -2.38. The number of amides is 1. The third kappa shape index (κ3) is 3.84. The number of nitrogens with zero attached hydrogens (tertiary/aromatic N) is 1. The summed E-state index contributed by atoms with van der Waals surface area (Å²) in [6, 6.07) is 9.19. The van der Waals surface area contributed by atoms with Gasteiger partial charge in [-0.15, -0.1) is 11.3 Å². The SMILES string of the molecule is O=C(COCc1cc(-c2ccco2)on1)NCc1cccs1. The van der Waals surface area contributed by atoms with Crippen LogP contribution in [0, 0.1) is 0 Å². The molecule has 1 N–H and O–H groups in total. The van der Waals surface area contributed by atoms with Crippen LogP contribution in [0.15, 0.2) is 50.9 Å². The van der Waals surface area contributed by atoms with Gasteiger partial charge in [-0.2, -0.15) is 0 Å². The van der Waals surface area contributed by atoms with E-state index in [2.05, 4.69) is 10.5 Å². The second kappa shape index (κ2) is 7.06. The maximum Gasteiger partial charge on any atom is 0.246 e. The molecule has 0 radical (unpaired) electrons. The highest BCUT2D eigenvalue weighted by atomic mass is 32.1. The maximum atomic E-state index is 11.6. The van der Waals surface area contributed by atoms with Gasteiger partial charge in [0.2, 0.25) is 11.7 Å². The Kier molecular flexibility index (Phi) is 4.67. The number of hydrogen-bond donors (Lipinski definition) is 1. The summed E-state index contributed by atoms with van der Waals surface area (Å²) in [5.74, 6) is 0.973. The molecule has 3 aromatic heterocycles. The lowest BCUT2D eigenvalue weighted by molar-refractivity contribution is -0.126. The van der Waals surface area contributed by atoms with Crippen LogP contribution in [0.3, 0.4) is 0 Å². The molecule has 0 aromatic carbocycles. The largest absolute Gasteiger partial charge is 0.461 e. The van der Waals surface area contributed by atoms with E-state index in [1.54, 1.807) is 35.8 Å². The van der Waals surface area contributed by atoms with E-state index in [1.165, 1.54) is 0 Å². The summed E-state index contributed by atoms with van der Waals surface area (Å²) in [5, 5.41) is 8.62. The van der Waals surface area contributed by atoms with Crippen LogP contribution in [0.5, 0.6) is 0 Å². The van der Waals surface area contributed by atoms with E-state index >= 15 is 0 Å². The number of furan rings is 1. The van der Waals surface area contributed by atoms with Crippen LogP contribution in [0.25, 0.3) is 11.5 Å². The molecule has 0 fully saturated rings. The molecule has 3 heterocycles. The molecule has 6 nitrogen and oxygen atoms in total. The quantitative estimate of drug-likeness (QED) is 0.725. The predicted molar refractivity (Wildman–Crippen MR) is 80.0 cm³/mol. The summed E-state index contributed by atoms with van der Waals surface area (Å²) < 4.78 is 15.7. The van der Waals surface area contributed by atoms with E-state index < -0.39 is 0 Å². The van der Waals surface area contributed by atoms with Crippen molar-refractivity contribution >= 4 is 17.2 Å². The van der Waals surface area contributed by atoms with Gasteiger partial charge in [0.25, 0.3) is 0 Å². The molecule has 3 aromatic rings. The minimum absolute atomic E-state index is 0.0195. The average Bonchev–Trinajstić information content (AvgIpc) is 3.26. The Bertz CT molecular complexity index is 704. The smallest absolute Gasteiger partial charge is 0.246 e. The first-order valence-electron chi connectivity index (χ1n) is 6.67. The first-order valence-corrected chi connectivity index (χ1v) is 7.55. The van der Waals surface area contributed by atoms with Crippen molar-refractivity contribution in [2.45, 2.75) is 13.2 Å². The van der Waals surface area contributed by atoms with E-state index in [0.717, 1.165) is 4.88 Å². The summed E-state index contributed by atoms with van der Waals surface area (Å²) in [6.07, 6.45) is 1.56. The summed E-state index contributed by atoms with van der Waals surface area (Å²) in [6.45, 7) is 0.706. The summed E-state index contributed by atoms with van der Waals surface area (Å²) >= 11 is 1.60. The number of hydrogen-bond acceptors (Lipinski definition) is 6. The molecule has 1 amide bonds. The molecule has 0 spiro atoms. The van der Waals surface area contributed by atoms with Crippen molar-refractivity contribution in [3.05, 3.63) is 52.5 Å². The Balaban J connectivity index is 1.40. The van der Waals surface area contributed by atoms with Crippen LogP contribution >= 0.6 is 11.3 Å². The lowest BCUT2D eigenvalue weighted by atomic mass is 10.3. The van der Waals surface area contributed by atoms with E-state index in [0.29, 0.717) is 23.8 Å². The van der Waals surface area contributed by atoms with Gasteiger partial charge in [-0.05, 0) is 23.6 Å². The monoisotopic (exact) mass is 318 g/mol. The summed E-state index contributed by atoms with van der Waals surface area (Å²) in [4.78, 5) is 12.7. The number of ether oxygens (including phenoxy) is 1. The predicted octanol–water partition coefficient (Wildman–Crippen LogP) is 2.83. The van der Waals surface area contributed by atoms with Crippen LogP contribution in [-0.4, -0.2) is 17.7 Å². The topological polar surface area (TPSA) is 77.5 Å². The molecule has 0 aliphatic rings. The average molecular weight is 318 g/mol. The van der Waals surface area contributed by atoms with Crippen LogP contribution in [-0.2, 0) is 22.7 Å². The summed E-state index contributed by atoms with van der Waals surface area (Å²) in [5.41, 5.74) is 0.609. The highest BCUT2D eigenvalue weighted by Crippen LogP contribution is 2.20. The fraction of sp³-hybridized carbons (Fsp3) is 0.200. The van der Waals surface area contributed by atoms with Gasteiger partial charge in [0.1, 0.15) is 12.3 Å². The fourth-order valence-electron chi connectivity index (χ4n) is 1.81. The second-order valence-corrected chi connectivity index (χ2v) is 5.54. The van der Waals surface area contributed by atoms with E-state index in [9.17, 15) is 4.79 Å². The third-order valence-corrected chi connectivity index (χ3v) is 3.72. The second-order valence-electron chi connectivity index (χ2n) is 4.51. The van der Waals surface area contributed by atoms with Crippen molar-refractivity contribution in [2.24, 2.45) is 0 Å². The minimum Gasteiger partial charge on any atom is -0.461 e. The number of aromatic nitrogens is 1. The zero-order valence-electron chi connectivity index (χ0n) is 11.7. The van der Waals surface area contributed by atoms with Crippen molar-refractivity contribution in [3.8, 4) is 11.5 Å². The number of carbonyl (C=O) groups is 1. The minimum atomic E-state index is -0.164. The van der Waals surface area contributed by atoms with Gasteiger partial charge < -0.3 is 19.0 Å². The molecule has 114 valence electrons. The first-order chi connectivity index (χ1) is 10.8. The van der Waals surface area contributed by atoms with Gasteiger partial charge in [-0.1, -0.05) is 11.2 Å². The molecule has 0 aliphatic heterocycles. The third-order valence-electron chi connectivity index (χ3n) is 2.85.